The Balaban J connectivity index is 2.34. The molecule has 1 atom stereocenters. The van der Waals surface area contributed by atoms with Gasteiger partial charge < -0.3 is 5.11 Å². The largest absolute Gasteiger partial charge is 0.480 e. The third-order valence-corrected chi connectivity index (χ3v) is 5.51. The molecule has 1 saturated heterocycles. The number of sulfonamides is 1. The lowest BCUT2D eigenvalue weighted by Crippen LogP contribution is -2.40. The minimum absolute atomic E-state index is 0.0411. The number of carboxylic acids is 1. The number of rotatable bonds is 3. The van der Waals surface area contributed by atoms with Crippen LogP contribution in [0.4, 0.5) is 0 Å². The van der Waals surface area contributed by atoms with E-state index < -0.39 is 22.0 Å². The summed E-state index contributed by atoms with van der Waals surface area (Å²) in [5.41, 5.74) is 0. The van der Waals surface area contributed by atoms with Gasteiger partial charge in [-0.15, -0.1) is 11.3 Å². The maximum Gasteiger partial charge on any atom is 0.322 e. The molecule has 0 amide bonds. The fourth-order valence-corrected chi connectivity index (χ4v) is 4.31. The fraction of sp³-hybridized carbons (Fsp3) is 0.500. The molecule has 0 aliphatic carbocycles. The Kier molecular flexibility index (Phi) is 2.96. The molecule has 1 N–H and O–H groups in total. The molecule has 2 heterocycles. The third kappa shape index (κ3) is 1.83. The summed E-state index contributed by atoms with van der Waals surface area (Å²) >= 11 is 0.997. The van der Waals surface area contributed by atoms with Gasteiger partial charge in [0.05, 0.1) is 0 Å². The SMILES string of the molecule is O=C(O)[C@@H]1CCCN1S(=O)(=O)c1nccs1. The van der Waals surface area contributed by atoms with Crippen molar-refractivity contribution in [2.75, 3.05) is 6.54 Å². The van der Waals surface area contributed by atoms with Gasteiger partial charge in [0.2, 0.25) is 4.34 Å². The van der Waals surface area contributed by atoms with E-state index in [4.69, 9.17) is 5.11 Å². The van der Waals surface area contributed by atoms with Gasteiger partial charge in [0, 0.05) is 18.1 Å². The number of hydrogen-bond donors (Lipinski definition) is 1. The lowest BCUT2D eigenvalue weighted by atomic mass is 10.2. The van der Waals surface area contributed by atoms with E-state index in [1.165, 1.54) is 6.20 Å². The van der Waals surface area contributed by atoms with Crippen molar-refractivity contribution in [2.24, 2.45) is 0 Å². The summed E-state index contributed by atoms with van der Waals surface area (Å²) in [5, 5.41) is 10.5. The molecule has 16 heavy (non-hydrogen) atoms. The first-order valence-corrected chi connectivity index (χ1v) is 6.99. The van der Waals surface area contributed by atoms with Crippen LogP contribution in [0.25, 0.3) is 0 Å². The van der Waals surface area contributed by atoms with Crippen molar-refractivity contribution in [3.8, 4) is 0 Å². The standard InChI is InChI=1S/C8H10N2O4S2/c11-7(12)6-2-1-4-10(6)16(13,14)8-9-3-5-15-8/h3,5-6H,1-2,4H2,(H,11,12)/t6-/m0/s1. The predicted molar refractivity (Wildman–Crippen MR) is 56.7 cm³/mol. The summed E-state index contributed by atoms with van der Waals surface area (Å²) in [4.78, 5) is 14.6. The first kappa shape index (κ1) is 11.5. The first-order chi connectivity index (χ1) is 7.53. The summed E-state index contributed by atoms with van der Waals surface area (Å²) in [5.74, 6) is -1.10. The zero-order valence-corrected chi connectivity index (χ0v) is 9.87. The van der Waals surface area contributed by atoms with Gasteiger partial charge in [-0.05, 0) is 12.8 Å². The van der Waals surface area contributed by atoms with Gasteiger partial charge in [0.15, 0.2) is 0 Å². The van der Waals surface area contributed by atoms with Crippen molar-refractivity contribution >= 4 is 27.3 Å². The Morgan fingerprint density at radius 1 is 1.62 bits per heavy atom. The number of thiazole rings is 1. The van der Waals surface area contributed by atoms with E-state index in [1.54, 1.807) is 5.38 Å². The number of hydrogen-bond acceptors (Lipinski definition) is 5. The Morgan fingerprint density at radius 2 is 2.38 bits per heavy atom. The average molecular weight is 262 g/mol. The lowest BCUT2D eigenvalue weighted by Gasteiger charge is -2.18. The molecule has 6 nitrogen and oxygen atoms in total. The summed E-state index contributed by atoms with van der Waals surface area (Å²) in [7, 11) is -3.73. The van der Waals surface area contributed by atoms with Crippen molar-refractivity contribution in [1.82, 2.24) is 9.29 Å². The monoisotopic (exact) mass is 262 g/mol. The lowest BCUT2D eigenvalue weighted by molar-refractivity contribution is -0.140. The van der Waals surface area contributed by atoms with Crippen LogP contribution in [0, 0.1) is 0 Å². The van der Waals surface area contributed by atoms with E-state index in [0.717, 1.165) is 15.6 Å². The molecule has 0 aromatic carbocycles. The van der Waals surface area contributed by atoms with Crippen LogP contribution in [0.2, 0.25) is 0 Å². The number of carboxylic acid groups (broad SMARTS) is 1. The zero-order chi connectivity index (χ0) is 11.8. The normalized spacial score (nSPS) is 22.4. The number of nitrogens with zero attached hydrogens (tertiary/aromatic N) is 2. The van der Waals surface area contributed by atoms with Gasteiger partial charge in [-0.1, -0.05) is 0 Å². The Morgan fingerprint density at radius 3 is 2.94 bits per heavy atom. The van der Waals surface area contributed by atoms with E-state index >= 15 is 0 Å². The molecule has 1 fully saturated rings. The van der Waals surface area contributed by atoms with Crippen LogP contribution >= 0.6 is 11.3 Å². The Hall–Kier alpha value is -0.990. The highest BCUT2D eigenvalue weighted by molar-refractivity contribution is 7.91. The van der Waals surface area contributed by atoms with E-state index in [9.17, 15) is 13.2 Å². The van der Waals surface area contributed by atoms with E-state index in [-0.39, 0.29) is 10.9 Å². The second kappa shape index (κ2) is 4.11. The molecular weight excluding hydrogens is 252 g/mol. The van der Waals surface area contributed by atoms with Crippen LogP contribution in [0.5, 0.6) is 0 Å². The first-order valence-electron chi connectivity index (χ1n) is 4.67. The van der Waals surface area contributed by atoms with Crippen LogP contribution in [0.3, 0.4) is 0 Å². The van der Waals surface area contributed by atoms with E-state index in [1.807, 2.05) is 0 Å². The molecule has 0 bridgehead atoms. The molecule has 88 valence electrons. The zero-order valence-electron chi connectivity index (χ0n) is 8.24. The van der Waals surface area contributed by atoms with Gasteiger partial charge in [-0.3, -0.25) is 4.79 Å². The van der Waals surface area contributed by atoms with Crippen LogP contribution in [0.15, 0.2) is 15.9 Å². The average Bonchev–Trinajstić information content (AvgIpc) is 2.89. The summed E-state index contributed by atoms with van der Waals surface area (Å²) in [6.45, 7) is 0.249. The van der Waals surface area contributed by atoms with Crippen LogP contribution in [-0.4, -0.2) is 41.4 Å². The Labute approximate surface area is 96.6 Å². The Bertz CT molecular complexity index is 482. The van der Waals surface area contributed by atoms with E-state index in [0.29, 0.717) is 12.8 Å². The van der Waals surface area contributed by atoms with Gasteiger partial charge in [-0.2, -0.15) is 4.31 Å². The number of aromatic nitrogens is 1. The smallest absolute Gasteiger partial charge is 0.322 e. The molecule has 0 spiro atoms. The van der Waals surface area contributed by atoms with Crippen LogP contribution in [-0.2, 0) is 14.8 Å². The molecule has 0 saturated carbocycles. The molecule has 2 rings (SSSR count). The van der Waals surface area contributed by atoms with Crippen LogP contribution in [0.1, 0.15) is 12.8 Å². The summed E-state index contributed by atoms with van der Waals surface area (Å²) in [6, 6.07) is -0.950. The second-order valence-electron chi connectivity index (χ2n) is 3.41. The highest BCUT2D eigenvalue weighted by Crippen LogP contribution is 2.26. The number of aliphatic carboxylic acids is 1. The van der Waals surface area contributed by atoms with Crippen molar-refractivity contribution in [1.29, 1.82) is 0 Å². The second-order valence-corrected chi connectivity index (χ2v) is 6.37. The maximum absolute atomic E-state index is 12.0. The van der Waals surface area contributed by atoms with Crippen molar-refractivity contribution in [3.63, 3.8) is 0 Å². The van der Waals surface area contributed by atoms with Gasteiger partial charge >= 0.3 is 5.97 Å². The van der Waals surface area contributed by atoms with Crippen molar-refractivity contribution in [3.05, 3.63) is 11.6 Å². The molecule has 0 radical (unpaired) electrons. The van der Waals surface area contributed by atoms with Crippen molar-refractivity contribution < 1.29 is 18.3 Å². The molecule has 0 unspecified atom stereocenters. The summed E-state index contributed by atoms with van der Waals surface area (Å²) in [6.07, 6.45) is 2.32. The fourth-order valence-electron chi connectivity index (χ4n) is 1.71. The third-order valence-electron chi connectivity index (χ3n) is 2.43. The van der Waals surface area contributed by atoms with Gasteiger partial charge in [0.1, 0.15) is 6.04 Å². The van der Waals surface area contributed by atoms with Gasteiger partial charge in [0.25, 0.3) is 10.0 Å². The van der Waals surface area contributed by atoms with Crippen molar-refractivity contribution in [2.45, 2.75) is 23.2 Å². The molecule has 1 aromatic heterocycles. The predicted octanol–water partition coefficient (Wildman–Crippen LogP) is 0.381. The maximum atomic E-state index is 12.0. The molecule has 8 heteroatoms. The molecule has 1 aromatic rings. The highest BCUT2D eigenvalue weighted by Gasteiger charge is 2.40. The summed E-state index contributed by atoms with van der Waals surface area (Å²) < 4.78 is 25.0. The number of carbonyl (C=O) groups is 1. The molecule has 1 aliphatic rings. The topological polar surface area (TPSA) is 87.6 Å². The molecular formula is C8H10N2O4S2. The van der Waals surface area contributed by atoms with E-state index in [2.05, 4.69) is 4.98 Å². The van der Waals surface area contributed by atoms with Crippen LogP contribution < -0.4 is 0 Å². The minimum atomic E-state index is -3.73. The quantitative estimate of drug-likeness (QED) is 0.851. The highest BCUT2D eigenvalue weighted by atomic mass is 32.2. The minimum Gasteiger partial charge on any atom is -0.480 e. The molecule has 1 aliphatic heterocycles. The van der Waals surface area contributed by atoms with Gasteiger partial charge in [-0.25, -0.2) is 13.4 Å².